The molecule has 1 heterocycles. The third kappa shape index (κ3) is 5.09. The number of anilines is 1. The van der Waals surface area contributed by atoms with Gasteiger partial charge in [-0.1, -0.05) is 49.0 Å². The van der Waals surface area contributed by atoms with Crippen molar-refractivity contribution in [2.45, 2.75) is 36.8 Å². The Balaban J connectivity index is 1.76. The number of carbonyl (C=O) groups is 2. The van der Waals surface area contributed by atoms with Gasteiger partial charge in [-0.15, -0.1) is 4.40 Å². The molecular weight excluding hydrogens is 422 g/mol. The van der Waals surface area contributed by atoms with Crippen LogP contribution in [0.3, 0.4) is 0 Å². The van der Waals surface area contributed by atoms with Crippen LogP contribution in [0.4, 0.5) is 5.69 Å². The third-order valence-corrected chi connectivity index (χ3v) is 7.16. The molecule has 2 aromatic rings. The number of amidine groups is 1. The van der Waals surface area contributed by atoms with Gasteiger partial charge in [-0.2, -0.15) is 8.42 Å². The van der Waals surface area contributed by atoms with Gasteiger partial charge in [-0.3, -0.25) is 14.5 Å². The van der Waals surface area contributed by atoms with Gasteiger partial charge in [0.05, 0.1) is 4.90 Å². The maximum absolute atomic E-state index is 12.7. The van der Waals surface area contributed by atoms with E-state index in [1.165, 1.54) is 17.0 Å². The molecule has 0 saturated carbocycles. The number of nitrogens with zero attached hydrogens (tertiary/aromatic N) is 2. The quantitative estimate of drug-likeness (QED) is 0.706. The highest BCUT2D eigenvalue weighted by atomic mass is 32.2. The molecule has 1 aliphatic heterocycles. The zero-order valence-corrected chi connectivity index (χ0v) is 18.4. The lowest BCUT2D eigenvalue weighted by atomic mass is 10.2. The van der Waals surface area contributed by atoms with E-state index >= 15 is 0 Å². The van der Waals surface area contributed by atoms with Gasteiger partial charge in [0, 0.05) is 18.7 Å². The van der Waals surface area contributed by atoms with Gasteiger partial charge >= 0.3 is 0 Å². The summed E-state index contributed by atoms with van der Waals surface area (Å²) in [5.41, 5.74) is 1.66. The van der Waals surface area contributed by atoms with E-state index in [1.54, 1.807) is 43.3 Å². The summed E-state index contributed by atoms with van der Waals surface area (Å²) in [7, 11) is -3.96. The van der Waals surface area contributed by atoms with Crippen LogP contribution in [-0.2, 0) is 26.0 Å². The van der Waals surface area contributed by atoms with Crippen molar-refractivity contribution in [2.24, 2.45) is 4.40 Å². The molecule has 2 amide bonds. The zero-order chi connectivity index (χ0) is 21.7. The first-order valence-corrected chi connectivity index (χ1v) is 11.9. The minimum Gasteiger partial charge on any atom is -0.326 e. The Bertz CT molecular complexity index is 1050. The molecule has 0 spiro atoms. The minimum atomic E-state index is -3.96. The summed E-state index contributed by atoms with van der Waals surface area (Å²) in [5.74, 6) is -0.636. The number of aryl methyl sites for hydroxylation is 1. The van der Waals surface area contributed by atoms with Gasteiger partial charge in [0.15, 0.2) is 5.17 Å². The number of amides is 2. The Labute approximate surface area is 180 Å². The highest BCUT2D eigenvalue weighted by molar-refractivity contribution is 8.16. The summed E-state index contributed by atoms with van der Waals surface area (Å²) in [5, 5.41) is 2.12. The monoisotopic (exact) mass is 445 g/mol. The fourth-order valence-electron chi connectivity index (χ4n) is 2.95. The number of benzene rings is 2. The Morgan fingerprint density at radius 2 is 1.77 bits per heavy atom. The second-order valence-corrected chi connectivity index (χ2v) is 9.43. The summed E-state index contributed by atoms with van der Waals surface area (Å²) in [6.07, 6.45) is 0.731. The van der Waals surface area contributed by atoms with Gasteiger partial charge in [0.1, 0.15) is 5.25 Å². The molecule has 0 aromatic heterocycles. The van der Waals surface area contributed by atoms with Crippen LogP contribution in [0, 0.1) is 0 Å². The number of rotatable bonds is 7. The molecule has 0 bridgehead atoms. The molecule has 30 heavy (non-hydrogen) atoms. The van der Waals surface area contributed by atoms with E-state index in [9.17, 15) is 18.0 Å². The predicted molar refractivity (Wildman–Crippen MR) is 119 cm³/mol. The minimum absolute atomic E-state index is 0.0703. The average Bonchev–Trinajstić information content (AvgIpc) is 3.01. The Morgan fingerprint density at radius 1 is 1.10 bits per heavy atom. The Morgan fingerprint density at radius 3 is 2.37 bits per heavy atom. The lowest BCUT2D eigenvalue weighted by molar-refractivity contribution is -0.128. The van der Waals surface area contributed by atoms with Crippen LogP contribution < -0.4 is 5.32 Å². The predicted octanol–water partition coefficient (Wildman–Crippen LogP) is 3.29. The van der Waals surface area contributed by atoms with E-state index in [0.29, 0.717) is 5.69 Å². The van der Waals surface area contributed by atoms with Gasteiger partial charge < -0.3 is 5.32 Å². The summed E-state index contributed by atoms with van der Waals surface area (Å²) < 4.78 is 29.3. The van der Waals surface area contributed by atoms with Crippen molar-refractivity contribution in [1.29, 1.82) is 0 Å². The highest BCUT2D eigenvalue weighted by Crippen LogP contribution is 2.31. The van der Waals surface area contributed by atoms with Crippen molar-refractivity contribution in [1.82, 2.24) is 4.90 Å². The fraction of sp³-hybridized carbons (Fsp3) is 0.286. The van der Waals surface area contributed by atoms with Gasteiger partial charge in [0.2, 0.25) is 11.8 Å². The van der Waals surface area contributed by atoms with Crippen LogP contribution >= 0.6 is 11.8 Å². The second-order valence-electron chi connectivity index (χ2n) is 6.65. The van der Waals surface area contributed by atoms with Crippen LogP contribution in [0.15, 0.2) is 63.9 Å². The molecule has 1 saturated heterocycles. The van der Waals surface area contributed by atoms with E-state index in [2.05, 4.69) is 9.71 Å². The van der Waals surface area contributed by atoms with Crippen molar-refractivity contribution in [3.8, 4) is 0 Å². The second kappa shape index (κ2) is 9.44. The Hall–Kier alpha value is -2.65. The first-order chi connectivity index (χ1) is 14.3. The summed E-state index contributed by atoms with van der Waals surface area (Å²) >= 11 is 1.01. The lowest BCUT2D eigenvalue weighted by Crippen LogP contribution is -2.33. The average molecular weight is 446 g/mol. The number of thioether (sulfide) groups is 1. The van der Waals surface area contributed by atoms with Crippen molar-refractivity contribution < 1.29 is 18.0 Å². The fourth-order valence-corrected chi connectivity index (χ4v) is 5.37. The van der Waals surface area contributed by atoms with Gasteiger partial charge in [-0.05, 0) is 43.2 Å². The van der Waals surface area contributed by atoms with Crippen LogP contribution in [0.1, 0.15) is 25.8 Å². The molecule has 3 rings (SSSR count). The molecule has 1 atom stereocenters. The normalized spacial score (nSPS) is 18.1. The SMILES string of the molecule is CCc1ccc(S(=O)(=O)N=C2S[C@@H](CC(=O)Nc3ccccc3)C(=O)N2CC)cc1. The number of sulfonamides is 1. The molecule has 0 radical (unpaired) electrons. The number of para-hydroxylation sites is 1. The van der Waals surface area contributed by atoms with Crippen LogP contribution in [0.25, 0.3) is 0 Å². The van der Waals surface area contributed by atoms with E-state index < -0.39 is 15.3 Å². The van der Waals surface area contributed by atoms with Crippen molar-refractivity contribution in [3.63, 3.8) is 0 Å². The first kappa shape index (κ1) is 22.0. The number of hydrogen-bond acceptors (Lipinski definition) is 5. The smallest absolute Gasteiger partial charge is 0.284 e. The molecular formula is C21H23N3O4S2. The lowest BCUT2D eigenvalue weighted by Gasteiger charge is -2.13. The molecule has 0 aliphatic carbocycles. The molecule has 1 aliphatic rings. The number of carbonyl (C=O) groups excluding carboxylic acids is 2. The van der Waals surface area contributed by atoms with Crippen molar-refractivity contribution in [3.05, 3.63) is 60.2 Å². The molecule has 0 unspecified atom stereocenters. The van der Waals surface area contributed by atoms with Crippen LogP contribution in [-0.4, -0.2) is 42.1 Å². The number of hydrogen-bond donors (Lipinski definition) is 1. The maximum Gasteiger partial charge on any atom is 0.284 e. The van der Waals surface area contributed by atoms with E-state index in [1.807, 2.05) is 13.0 Å². The van der Waals surface area contributed by atoms with E-state index in [4.69, 9.17) is 0 Å². The molecule has 7 nitrogen and oxygen atoms in total. The first-order valence-electron chi connectivity index (χ1n) is 9.61. The zero-order valence-electron chi connectivity index (χ0n) is 16.7. The van der Waals surface area contributed by atoms with Gasteiger partial charge in [0.25, 0.3) is 10.0 Å². The summed E-state index contributed by atoms with van der Waals surface area (Å²) in [6, 6.07) is 15.5. The third-order valence-electron chi connectivity index (χ3n) is 4.59. The van der Waals surface area contributed by atoms with Crippen LogP contribution in [0.2, 0.25) is 0 Å². The largest absolute Gasteiger partial charge is 0.326 e. The van der Waals surface area contributed by atoms with E-state index in [0.717, 1.165) is 23.7 Å². The summed E-state index contributed by atoms with van der Waals surface area (Å²) in [6.45, 7) is 3.99. The maximum atomic E-state index is 12.7. The Kier molecular flexibility index (Phi) is 6.94. The topological polar surface area (TPSA) is 95.9 Å². The van der Waals surface area contributed by atoms with Crippen molar-refractivity contribution >= 4 is 44.5 Å². The molecule has 2 aromatic carbocycles. The van der Waals surface area contributed by atoms with E-state index in [-0.39, 0.29) is 34.8 Å². The van der Waals surface area contributed by atoms with Gasteiger partial charge in [-0.25, -0.2) is 0 Å². The van der Waals surface area contributed by atoms with Crippen molar-refractivity contribution in [2.75, 3.05) is 11.9 Å². The molecule has 1 N–H and O–H groups in total. The standard InChI is InChI=1S/C21H23N3O4S2/c1-3-15-10-12-17(13-11-15)30(27,28)23-21-24(4-2)20(26)18(29-21)14-19(25)22-16-8-6-5-7-9-16/h5-13,18H,3-4,14H2,1-2H3,(H,22,25)/t18-/m0/s1. The summed E-state index contributed by atoms with van der Waals surface area (Å²) in [4.78, 5) is 26.4. The molecule has 158 valence electrons. The number of nitrogens with one attached hydrogen (secondary N) is 1. The molecule has 9 heteroatoms. The van der Waals surface area contributed by atoms with Crippen LogP contribution in [0.5, 0.6) is 0 Å². The molecule has 1 fully saturated rings. The highest BCUT2D eigenvalue weighted by Gasteiger charge is 2.39.